The summed E-state index contributed by atoms with van der Waals surface area (Å²) < 4.78 is 0. The Kier molecular flexibility index (Phi) is 47.9. The number of hydrogen-bond acceptors (Lipinski definition) is 24. The number of carbonyl (C=O) groups is 13. The molecule has 3 aromatic rings. The molecule has 1 saturated heterocycles. The Balaban J connectivity index is 1.70. The number of carboxylic acid groups (broad SMARTS) is 1. The molecular formula is C83H135N21O17S. The topological polar surface area (TPSA) is 659 Å². The van der Waals surface area contributed by atoms with Crippen LogP contribution in [0.15, 0.2) is 77.8 Å². The smallest absolute Gasteiger partial charge is 0.326 e. The molecule has 1 aliphatic rings. The van der Waals surface area contributed by atoms with Crippen molar-refractivity contribution < 1.29 is 82.8 Å². The van der Waals surface area contributed by atoms with Crippen LogP contribution >= 0.6 is 12.6 Å². The predicted octanol–water partition coefficient (Wildman–Crippen LogP) is -1.71. The van der Waals surface area contributed by atoms with Crippen molar-refractivity contribution in [3.8, 4) is 17.2 Å². The number of aromatic hydroxyl groups is 3. The minimum absolute atomic E-state index is 0.0143. The predicted molar refractivity (Wildman–Crippen MR) is 464 cm³/mol. The van der Waals surface area contributed by atoms with Gasteiger partial charge in [-0.25, -0.2) is 4.79 Å². The SMILES string of the molecule is CC(C)C[C@H](NC(=O)[C@H](Cc1ccc(O)cc1)NC(=O)[C@H](Cc1ccc(O)cc1)NC(=O)[C@H](CCCN=C(N)N)NC(=O)[C@H](Cc1ccc(O)cc1)NC(=O)[C@H](CCCCN)NC(=O)[C@@H](N)CCCCN)C(=O)N[C@@H](CCCCN)C(=O)N1CCC[C@H]1C(=O)N[C@@H](CC(C)C)C(=O)N[C@@H](CS)C(=O)N[C@@H](CCCCN)C(=O)N[C@@H](CCCCN)C(=O)O. The molecular weight excluding hydrogens is 1600 g/mol. The lowest BCUT2D eigenvalue weighted by atomic mass is 9.99. The van der Waals surface area contributed by atoms with Crippen LogP contribution in [0.5, 0.6) is 17.2 Å². The number of benzene rings is 3. The third-order valence-electron chi connectivity index (χ3n) is 20.5. The molecule has 0 radical (unpaired) electrons. The van der Waals surface area contributed by atoms with Gasteiger partial charge in [-0.3, -0.25) is 62.5 Å². The molecule has 0 saturated carbocycles. The Morgan fingerprint density at radius 2 is 0.689 bits per heavy atom. The van der Waals surface area contributed by atoms with Crippen LogP contribution in [0.4, 0.5) is 0 Å². The molecule has 12 amide bonds. The van der Waals surface area contributed by atoms with E-state index in [1.54, 1.807) is 27.7 Å². The first-order chi connectivity index (χ1) is 58.1. The molecule has 1 heterocycles. The molecule has 122 heavy (non-hydrogen) atoms. The molecule has 39 heteroatoms. The first-order valence-corrected chi connectivity index (χ1v) is 42.9. The lowest BCUT2D eigenvalue weighted by molar-refractivity contribution is -0.143. The molecule has 0 aromatic heterocycles. The molecule has 0 bridgehead atoms. The number of nitrogens with zero attached hydrogens (tertiary/aromatic N) is 2. The number of rotatable bonds is 59. The van der Waals surface area contributed by atoms with E-state index in [2.05, 4.69) is 76.1 Å². The lowest BCUT2D eigenvalue weighted by Crippen LogP contribution is -2.61. The molecule has 0 unspecified atom stereocenters. The number of phenols is 3. The largest absolute Gasteiger partial charge is 0.508 e. The van der Waals surface area contributed by atoms with Gasteiger partial charge in [-0.05, 0) is 226 Å². The van der Waals surface area contributed by atoms with Crippen molar-refractivity contribution in [2.24, 2.45) is 62.7 Å². The van der Waals surface area contributed by atoms with E-state index in [0.29, 0.717) is 100 Å². The number of hydrogen-bond donors (Lipinski definition) is 24. The molecule has 1 fully saturated rings. The highest BCUT2D eigenvalue weighted by molar-refractivity contribution is 7.80. The number of nitrogens with two attached hydrogens (primary N) is 8. The van der Waals surface area contributed by atoms with Gasteiger partial charge in [0.05, 0.1) is 6.04 Å². The quantitative estimate of drug-likeness (QED) is 0.0129. The number of amides is 12. The van der Waals surface area contributed by atoms with Crippen LogP contribution < -0.4 is 104 Å². The van der Waals surface area contributed by atoms with E-state index in [1.165, 1.54) is 77.7 Å². The zero-order chi connectivity index (χ0) is 90.4. The van der Waals surface area contributed by atoms with E-state index in [0.717, 1.165) is 0 Å². The summed E-state index contributed by atoms with van der Waals surface area (Å²) in [6.07, 6.45) is 4.61. The average molecular weight is 1730 g/mol. The highest BCUT2D eigenvalue weighted by Crippen LogP contribution is 2.23. The first-order valence-electron chi connectivity index (χ1n) is 42.3. The maximum atomic E-state index is 15.3. The molecule has 1 aliphatic heterocycles. The van der Waals surface area contributed by atoms with E-state index < -0.39 is 155 Å². The van der Waals surface area contributed by atoms with Crippen molar-refractivity contribution in [1.82, 2.24) is 63.4 Å². The van der Waals surface area contributed by atoms with Crippen molar-refractivity contribution in [1.29, 1.82) is 0 Å². The standard InChI is InChI=1S/C83H135N21O17S/c1-49(2)43-63(74(112)96-61(20-8-13-39-87)81(119)104-42-16-23-69(104)80(118)102-64(44-50(3)4)75(113)103-68(48-122)79(117)95-59(19-7-12-38-86)71(109)97-62(82(120)121)21-9-14-40-88)98-77(115)67(47-53-28-34-56(107)35-29-53)101-78(116)66(46-52-26-32-55(106)33-27-52)100-73(111)60(22-15-41-92-83(90)91)94-76(114)65(45-51-24-30-54(105)31-25-51)99-72(110)58(18-6-11-37-85)93-70(108)57(89)17-5-10-36-84/h24-35,49-50,57-69,105-107,122H,5-23,36-48,84-89H2,1-4H3,(H,93,108)(H,94,114)(H,95,117)(H,96,112)(H,97,109)(H,98,115)(H,99,110)(H,100,111)(H,101,116)(H,102,118)(H,103,113)(H,120,121)(H4,90,91,92)/t57-,58-,59-,60-,61-,62-,63-,64-,65-,66-,67-,68-,69-/m0/s1. The monoisotopic (exact) mass is 1730 g/mol. The van der Waals surface area contributed by atoms with Crippen molar-refractivity contribution in [3.05, 3.63) is 89.5 Å². The van der Waals surface area contributed by atoms with Crippen molar-refractivity contribution in [2.75, 3.05) is 51.6 Å². The summed E-state index contributed by atoms with van der Waals surface area (Å²) in [4.78, 5) is 193. The van der Waals surface area contributed by atoms with Crippen LogP contribution in [0.1, 0.15) is 179 Å². The van der Waals surface area contributed by atoms with Crippen molar-refractivity contribution in [3.63, 3.8) is 0 Å². The molecule has 0 aliphatic carbocycles. The molecule has 13 atom stereocenters. The van der Waals surface area contributed by atoms with Crippen LogP contribution in [0.2, 0.25) is 0 Å². The molecule has 3 aromatic carbocycles. The fourth-order valence-electron chi connectivity index (χ4n) is 13.8. The Labute approximate surface area is 719 Å². The minimum Gasteiger partial charge on any atom is -0.508 e. The van der Waals surface area contributed by atoms with Crippen LogP contribution in [-0.2, 0) is 81.6 Å². The van der Waals surface area contributed by atoms with E-state index in [4.69, 9.17) is 45.9 Å². The Morgan fingerprint density at radius 3 is 1.06 bits per heavy atom. The summed E-state index contributed by atoms with van der Waals surface area (Å²) in [7, 11) is 0. The molecule has 38 nitrogen and oxygen atoms in total. The van der Waals surface area contributed by atoms with Crippen molar-refractivity contribution in [2.45, 2.75) is 260 Å². The van der Waals surface area contributed by atoms with Gasteiger partial charge in [0.2, 0.25) is 70.9 Å². The van der Waals surface area contributed by atoms with Gasteiger partial charge in [-0.1, -0.05) is 70.5 Å². The van der Waals surface area contributed by atoms with E-state index in [9.17, 15) is 58.8 Å². The third kappa shape index (κ3) is 38.3. The Hall–Kier alpha value is -10.4. The number of aliphatic carboxylic acids is 1. The number of nitrogens with one attached hydrogen (secondary N) is 11. The number of phenolic OH excluding ortho intramolecular Hbond substituents is 3. The molecule has 31 N–H and O–H groups in total. The lowest BCUT2D eigenvalue weighted by Gasteiger charge is -2.31. The maximum absolute atomic E-state index is 15.3. The molecule has 4 rings (SSSR count). The Morgan fingerprint density at radius 1 is 0.393 bits per heavy atom. The summed E-state index contributed by atoms with van der Waals surface area (Å²) in [6.45, 7) is 8.63. The van der Waals surface area contributed by atoms with E-state index in [-0.39, 0.29) is 157 Å². The number of carbonyl (C=O) groups excluding carboxylic acids is 12. The minimum atomic E-state index is -1.61. The van der Waals surface area contributed by atoms with E-state index >= 15 is 24.0 Å². The van der Waals surface area contributed by atoms with Gasteiger partial charge in [-0.15, -0.1) is 0 Å². The number of unbranched alkanes of at least 4 members (excludes halogenated alkanes) is 5. The first kappa shape index (κ1) is 104. The van der Waals surface area contributed by atoms with Crippen LogP contribution in [0.25, 0.3) is 0 Å². The Bertz CT molecular complexity index is 3830. The molecule has 0 spiro atoms. The van der Waals surface area contributed by atoms with Crippen LogP contribution in [-0.4, -0.2) is 238 Å². The third-order valence-corrected chi connectivity index (χ3v) is 20.9. The maximum Gasteiger partial charge on any atom is 0.326 e. The number of aliphatic imine (C=N–C) groups is 1. The summed E-state index contributed by atoms with van der Waals surface area (Å²) >= 11 is 4.35. The number of thiol groups is 1. The van der Waals surface area contributed by atoms with Crippen molar-refractivity contribution >= 4 is 95.4 Å². The van der Waals surface area contributed by atoms with Gasteiger partial charge in [-0.2, -0.15) is 12.6 Å². The summed E-state index contributed by atoms with van der Waals surface area (Å²) in [6, 6.07) is -0.359. The van der Waals surface area contributed by atoms with Crippen LogP contribution in [0, 0.1) is 11.8 Å². The zero-order valence-electron chi connectivity index (χ0n) is 70.8. The second-order valence-electron chi connectivity index (χ2n) is 31.7. The normalized spacial score (nSPS) is 15.5. The fraction of sp³-hybridized carbons (Fsp3) is 0.614. The average Bonchev–Trinajstić information content (AvgIpc) is 1.45. The summed E-state index contributed by atoms with van der Waals surface area (Å²) in [5, 5.41) is 70.8. The fourth-order valence-corrected chi connectivity index (χ4v) is 14.0. The second kappa shape index (κ2) is 56.3. The van der Waals surface area contributed by atoms with Gasteiger partial charge < -0.3 is 130 Å². The van der Waals surface area contributed by atoms with Gasteiger partial charge in [0, 0.05) is 38.1 Å². The molecule has 680 valence electrons. The highest BCUT2D eigenvalue weighted by atomic mass is 32.1. The zero-order valence-corrected chi connectivity index (χ0v) is 71.7. The van der Waals surface area contributed by atoms with E-state index in [1.807, 2.05) is 0 Å². The van der Waals surface area contributed by atoms with Gasteiger partial charge in [0.1, 0.15) is 89.8 Å². The number of likely N-dealkylation sites (tertiary alicyclic amines) is 1. The number of guanidine groups is 1. The van der Waals surface area contributed by atoms with Gasteiger partial charge >= 0.3 is 5.97 Å². The van der Waals surface area contributed by atoms with Gasteiger partial charge in [0.25, 0.3) is 0 Å². The number of carboxylic acids is 1. The van der Waals surface area contributed by atoms with Crippen LogP contribution in [0.3, 0.4) is 0 Å². The van der Waals surface area contributed by atoms with Gasteiger partial charge in [0.15, 0.2) is 5.96 Å². The summed E-state index contributed by atoms with van der Waals surface area (Å²) in [5.41, 5.74) is 47.6. The highest BCUT2D eigenvalue weighted by Gasteiger charge is 2.42. The summed E-state index contributed by atoms with van der Waals surface area (Å²) in [5.74, 6) is -12.5. The second-order valence-corrected chi connectivity index (χ2v) is 32.1.